The normalized spacial score (nSPS) is 10.9. The number of hydrogen-bond acceptors (Lipinski definition) is 6. The van der Waals surface area contributed by atoms with Gasteiger partial charge in [0.25, 0.3) is 0 Å². The number of hydrogen-bond donors (Lipinski definition) is 1. The molecule has 0 aromatic heterocycles. The molecule has 0 saturated carbocycles. The van der Waals surface area contributed by atoms with Crippen molar-refractivity contribution in [3.63, 3.8) is 0 Å². The third-order valence-electron chi connectivity index (χ3n) is 3.45. The Labute approximate surface area is 152 Å². The van der Waals surface area contributed by atoms with Gasteiger partial charge in [-0.3, -0.25) is 9.52 Å². The highest BCUT2D eigenvalue weighted by Crippen LogP contribution is 2.22. The maximum Gasteiger partial charge on any atom is 0.338 e. The summed E-state index contributed by atoms with van der Waals surface area (Å²) in [6.45, 7) is 1.35. The number of ketones is 1. The van der Waals surface area contributed by atoms with Gasteiger partial charge in [-0.1, -0.05) is 6.07 Å². The molecule has 0 atom stereocenters. The van der Waals surface area contributed by atoms with E-state index in [0.717, 1.165) is 6.26 Å². The van der Waals surface area contributed by atoms with E-state index in [4.69, 9.17) is 9.47 Å². The molecule has 2 rings (SSSR count). The molecule has 0 radical (unpaired) electrons. The van der Waals surface area contributed by atoms with E-state index in [-0.39, 0.29) is 23.6 Å². The van der Waals surface area contributed by atoms with Gasteiger partial charge in [-0.25, -0.2) is 13.2 Å². The van der Waals surface area contributed by atoms with Crippen molar-refractivity contribution in [1.29, 1.82) is 0 Å². The van der Waals surface area contributed by atoms with Crippen LogP contribution in [-0.2, 0) is 21.4 Å². The SMILES string of the molecule is COc1ccc(C(C)=O)cc1COC(=O)c1cccc(NS(C)(=O)=O)c1. The second-order valence-electron chi connectivity index (χ2n) is 5.61. The minimum atomic E-state index is -3.45. The quantitative estimate of drug-likeness (QED) is 0.588. The van der Waals surface area contributed by atoms with Crippen LogP contribution in [-0.4, -0.2) is 33.5 Å². The van der Waals surface area contributed by atoms with Crippen LogP contribution in [0.3, 0.4) is 0 Å². The number of ether oxygens (including phenoxy) is 2. The van der Waals surface area contributed by atoms with Crippen LogP contribution in [0.4, 0.5) is 5.69 Å². The zero-order valence-electron chi connectivity index (χ0n) is 14.6. The van der Waals surface area contributed by atoms with E-state index < -0.39 is 16.0 Å². The molecule has 0 aliphatic carbocycles. The molecule has 2 aromatic rings. The average Bonchev–Trinajstić information content (AvgIpc) is 2.58. The van der Waals surface area contributed by atoms with Crippen LogP contribution in [0.2, 0.25) is 0 Å². The Morgan fingerprint density at radius 3 is 2.42 bits per heavy atom. The number of sulfonamides is 1. The van der Waals surface area contributed by atoms with Gasteiger partial charge in [0.05, 0.1) is 18.9 Å². The summed E-state index contributed by atoms with van der Waals surface area (Å²) in [6, 6.07) is 10.8. The molecule has 2 aromatic carbocycles. The van der Waals surface area contributed by atoms with Gasteiger partial charge in [0.2, 0.25) is 10.0 Å². The van der Waals surface area contributed by atoms with Crippen LogP contribution in [0.25, 0.3) is 0 Å². The summed E-state index contributed by atoms with van der Waals surface area (Å²) < 4.78 is 35.3. The molecule has 26 heavy (non-hydrogen) atoms. The summed E-state index contributed by atoms with van der Waals surface area (Å²) in [6.07, 6.45) is 1.02. The van der Waals surface area contributed by atoms with Gasteiger partial charge in [-0.2, -0.15) is 0 Å². The molecule has 0 spiro atoms. The summed E-state index contributed by atoms with van der Waals surface area (Å²) in [5.41, 5.74) is 1.49. The number of benzene rings is 2. The average molecular weight is 377 g/mol. The lowest BCUT2D eigenvalue weighted by Crippen LogP contribution is -2.11. The van der Waals surface area contributed by atoms with E-state index in [2.05, 4.69) is 4.72 Å². The Hall–Kier alpha value is -2.87. The van der Waals surface area contributed by atoms with Crippen molar-refractivity contribution in [1.82, 2.24) is 0 Å². The predicted octanol–water partition coefficient (Wildman–Crippen LogP) is 2.63. The first-order valence-corrected chi connectivity index (χ1v) is 9.51. The molecule has 0 heterocycles. The van der Waals surface area contributed by atoms with E-state index in [0.29, 0.717) is 16.9 Å². The molecular formula is C18H19NO6S. The van der Waals surface area contributed by atoms with Crippen LogP contribution in [0.1, 0.15) is 33.2 Å². The summed E-state index contributed by atoms with van der Waals surface area (Å²) in [4.78, 5) is 23.8. The van der Waals surface area contributed by atoms with Crippen molar-refractivity contribution < 1.29 is 27.5 Å². The fraction of sp³-hybridized carbons (Fsp3) is 0.222. The second kappa shape index (κ2) is 8.01. The van der Waals surface area contributed by atoms with E-state index in [1.807, 2.05) is 0 Å². The number of anilines is 1. The van der Waals surface area contributed by atoms with Crippen LogP contribution in [0.15, 0.2) is 42.5 Å². The molecule has 0 unspecified atom stereocenters. The Morgan fingerprint density at radius 1 is 1.08 bits per heavy atom. The van der Waals surface area contributed by atoms with Gasteiger partial charge in [0, 0.05) is 16.8 Å². The molecule has 1 N–H and O–H groups in total. The number of methoxy groups -OCH3 is 1. The Bertz CT molecular complexity index is 936. The topological polar surface area (TPSA) is 98.8 Å². The highest BCUT2D eigenvalue weighted by Gasteiger charge is 2.13. The summed E-state index contributed by atoms with van der Waals surface area (Å²) in [5, 5.41) is 0. The molecule has 0 fully saturated rings. The molecule has 0 amide bonds. The number of rotatable bonds is 7. The minimum absolute atomic E-state index is 0.0904. The summed E-state index contributed by atoms with van der Waals surface area (Å²) in [7, 11) is -1.97. The van der Waals surface area contributed by atoms with Crippen LogP contribution in [0.5, 0.6) is 5.75 Å². The number of Topliss-reactive ketones (excluding diaryl/α,β-unsaturated/α-hetero) is 1. The van der Waals surface area contributed by atoms with E-state index in [1.165, 1.54) is 32.2 Å². The predicted molar refractivity (Wildman–Crippen MR) is 97.0 cm³/mol. The van der Waals surface area contributed by atoms with E-state index in [9.17, 15) is 18.0 Å². The molecule has 0 bridgehead atoms. The van der Waals surface area contributed by atoms with E-state index >= 15 is 0 Å². The molecule has 0 saturated heterocycles. The third kappa shape index (κ3) is 5.32. The molecule has 138 valence electrons. The molecule has 0 aliphatic rings. The molecule has 7 nitrogen and oxygen atoms in total. The van der Waals surface area contributed by atoms with Crippen molar-refractivity contribution in [3.05, 3.63) is 59.2 Å². The van der Waals surface area contributed by atoms with Gasteiger partial charge < -0.3 is 9.47 Å². The minimum Gasteiger partial charge on any atom is -0.496 e. The van der Waals surface area contributed by atoms with Crippen molar-refractivity contribution >= 4 is 27.5 Å². The lowest BCUT2D eigenvalue weighted by Gasteiger charge is -2.11. The monoisotopic (exact) mass is 377 g/mol. The Kier molecular flexibility index (Phi) is 5.99. The van der Waals surface area contributed by atoms with Crippen molar-refractivity contribution in [3.8, 4) is 5.75 Å². The second-order valence-corrected chi connectivity index (χ2v) is 7.36. The fourth-order valence-corrected chi connectivity index (χ4v) is 2.82. The number of esters is 1. The largest absolute Gasteiger partial charge is 0.496 e. The molecule has 0 aliphatic heterocycles. The highest BCUT2D eigenvalue weighted by atomic mass is 32.2. The van der Waals surface area contributed by atoms with Crippen LogP contribution >= 0.6 is 0 Å². The Morgan fingerprint density at radius 2 is 1.81 bits per heavy atom. The van der Waals surface area contributed by atoms with Gasteiger partial charge in [-0.05, 0) is 43.3 Å². The maximum atomic E-state index is 12.2. The standard InChI is InChI=1S/C18H19NO6S/c1-12(20)13-7-8-17(24-2)15(9-13)11-25-18(21)14-5-4-6-16(10-14)19-26(3,22)23/h4-10,19H,11H2,1-3H3. The van der Waals surface area contributed by atoms with Crippen molar-refractivity contribution in [2.75, 3.05) is 18.1 Å². The van der Waals surface area contributed by atoms with Gasteiger partial charge in [0.15, 0.2) is 5.78 Å². The molecular weight excluding hydrogens is 358 g/mol. The van der Waals surface area contributed by atoms with Crippen LogP contribution < -0.4 is 9.46 Å². The fourth-order valence-electron chi connectivity index (χ4n) is 2.26. The first-order chi connectivity index (χ1) is 12.2. The summed E-state index contributed by atoms with van der Waals surface area (Å²) in [5.74, 6) is -0.243. The first kappa shape index (κ1) is 19.5. The number of carbonyl (C=O) groups is 2. The van der Waals surface area contributed by atoms with Crippen LogP contribution in [0, 0.1) is 0 Å². The lowest BCUT2D eigenvalue weighted by atomic mass is 10.1. The van der Waals surface area contributed by atoms with E-state index in [1.54, 1.807) is 24.3 Å². The first-order valence-electron chi connectivity index (χ1n) is 7.62. The van der Waals surface area contributed by atoms with Gasteiger partial charge in [0.1, 0.15) is 12.4 Å². The lowest BCUT2D eigenvalue weighted by molar-refractivity contribution is 0.0470. The molecule has 8 heteroatoms. The van der Waals surface area contributed by atoms with Gasteiger partial charge >= 0.3 is 5.97 Å². The number of carbonyl (C=O) groups excluding carboxylic acids is 2. The summed E-state index contributed by atoms with van der Waals surface area (Å²) >= 11 is 0. The third-order valence-corrected chi connectivity index (χ3v) is 4.05. The Balaban J connectivity index is 2.15. The zero-order valence-corrected chi connectivity index (χ0v) is 15.4. The zero-order chi connectivity index (χ0) is 19.3. The maximum absolute atomic E-state index is 12.2. The van der Waals surface area contributed by atoms with Crippen molar-refractivity contribution in [2.24, 2.45) is 0 Å². The smallest absolute Gasteiger partial charge is 0.338 e. The highest BCUT2D eigenvalue weighted by molar-refractivity contribution is 7.92. The number of nitrogens with one attached hydrogen (secondary N) is 1. The van der Waals surface area contributed by atoms with Crippen molar-refractivity contribution in [2.45, 2.75) is 13.5 Å². The van der Waals surface area contributed by atoms with Gasteiger partial charge in [-0.15, -0.1) is 0 Å².